The van der Waals surface area contributed by atoms with E-state index in [0.717, 1.165) is 26.1 Å². The second-order valence-electron chi connectivity index (χ2n) is 3.01. The van der Waals surface area contributed by atoms with Crippen LogP contribution in [0.4, 0.5) is 0 Å². The molecule has 13 heavy (non-hydrogen) atoms. The maximum absolute atomic E-state index is 8.95. The molecule has 0 unspecified atom stereocenters. The highest BCUT2D eigenvalue weighted by molar-refractivity contribution is 4.77. The molecule has 1 aliphatic heterocycles. The molecule has 3 heteroatoms. The largest absolute Gasteiger partial charge is 0.395 e. The van der Waals surface area contributed by atoms with Crippen LogP contribution >= 0.6 is 0 Å². The highest BCUT2D eigenvalue weighted by Gasteiger charge is 2.22. The van der Waals surface area contributed by atoms with E-state index in [9.17, 15) is 0 Å². The van der Waals surface area contributed by atoms with Gasteiger partial charge in [-0.2, -0.15) is 0 Å². The monoisotopic (exact) mass is 189 g/mol. The predicted octanol–water partition coefficient (Wildman–Crippen LogP) is 1.12. The first-order chi connectivity index (χ1) is 6.38. The zero-order chi connectivity index (χ0) is 10.1. The van der Waals surface area contributed by atoms with Crippen LogP contribution in [0, 0.1) is 0 Å². The molecule has 1 fully saturated rings. The van der Waals surface area contributed by atoms with Crippen molar-refractivity contribution >= 4 is 0 Å². The Morgan fingerprint density at radius 2 is 2.15 bits per heavy atom. The summed E-state index contributed by atoms with van der Waals surface area (Å²) in [5.41, 5.74) is 0. The summed E-state index contributed by atoms with van der Waals surface area (Å²) in [6.45, 7) is 7.15. The minimum atomic E-state index is 0.295. The highest BCUT2D eigenvalue weighted by atomic mass is 16.5. The lowest BCUT2D eigenvalue weighted by Gasteiger charge is -2.21. The highest BCUT2D eigenvalue weighted by Crippen LogP contribution is 2.15. The van der Waals surface area contributed by atoms with Gasteiger partial charge in [-0.25, -0.2) is 0 Å². The fraction of sp³-hybridized carbons (Fsp3) is 1.00. The molecule has 1 aliphatic rings. The van der Waals surface area contributed by atoms with Crippen molar-refractivity contribution in [2.24, 2.45) is 0 Å². The third-order valence-corrected chi connectivity index (χ3v) is 2.29. The summed E-state index contributed by atoms with van der Waals surface area (Å²) in [7, 11) is 1.71. The minimum absolute atomic E-state index is 0.295. The number of methoxy groups -OCH3 is 1. The molecule has 0 saturated carbocycles. The molecule has 1 saturated heterocycles. The van der Waals surface area contributed by atoms with Crippen LogP contribution < -0.4 is 0 Å². The number of hydrogen-bond donors (Lipinski definition) is 1. The molecule has 0 aromatic heterocycles. The van der Waals surface area contributed by atoms with Crippen molar-refractivity contribution in [3.8, 4) is 0 Å². The first-order valence-corrected chi connectivity index (χ1v) is 5.22. The standard InChI is InChI=1S/C8H17NO2.C2H6/c1-11-6-5-9-4-2-3-8(9)7-10;1-2/h8,10H,2-7H2,1H3;1-2H3/t8-;/m0./s1. The van der Waals surface area contributed by atoms with Crippen LogP contribution in [0.1, 0.15) is 26.7 Å². The predicted molar refractivity (Wildman–Crippen MR) is 54.9 cm³/mol. The van der Waals surface area contributed by atoms with Crippen LogP contribution in [0.2, 0.25) is 0 Å². The van der Waals surface area contributed by atoms with E-state index in [1.165, 1.54) is 6.42 Å². The Kier molecular flexibility index (Phi) is 8.40. The van der Waals surface area contributed by atoms with E-state index in [-0.39, 0.29) is 0 Å². The van der Waals surface area contributed by atoms with E-state index in [0.29, 0.717) is 12.6 Å². The Morgan fingerprint density at radius 1 is 1.46 bits per heavy atom. The fourth-order valence-electron chi connectivity index (χ4n) is 1.60. The third-order valence-electron chi connectivity index (χ3n) is 2.29. The molecule has 0 amide bonds. The Morgan fingerprint density at radius 3 is 2.69 bits per heavy atom. The van der Waals surface area contributed by atoms with Crippen molar-refractivity contribution in [1.82, 2.24) is 4.90 Å². The molecule has 0 spiro atoms. The Balaban J connectivity index is 0.000000671. The molecule has 80 valence electrons. The smallest absolute Gasteiger partial charge is 0.0589 e. The summed E-state index contributed by atoms with van der Waals surface area (Å²) in [4.78, 5) is 2.30. The first kappa shape index (κ1) is 12.9. The van der Waals surface area contributed by atoms with Gasteiger partial charge in [-0.1, -0.05) is 13.8 Å². The molecule has 0 aliphatic carbocycles. The topological polar surface area (TPSA) is 32.7 Å². The summed E-state index contributed by atoms with van der Waals surface area (Å²) in [6, 6.07) is 0.394. The Labute approximate surface area is 81.7 Å². The van der Waals surface area contributed by atoms with E-state index in [1.54, 1.807) is 7.11 Å². The van der Waals surface area contributed by atoms with Gasteiger partial charge >= 0.3 is 0 Å². The maximum atomic E-state index is 8.95. The van der Waals surface area contributed by atoms with Gasteiger partial charge in [-0.15, -0.1) is 0 Å². The number of aliphatic hydroxyl groups is 1. The lowest BCUT2D eigenvalue weighted by atomic mass is 10.2. The van der Waals surface area contributed by atoms with Crippen molar-refractivity contribution in [1.29, 1.82) is 0 Å². The van der Waals surface area contributed by atoms with Crippen molar-refractivity contribution in [2.45, 2.75) is 32.7 Å². The van der Waals surface area contributed by atoms with E-state index in [4.69, 9.17) is 9.84 Å². The zero-order valence-corrected chi connectivity index (χ0v) is 9.12. The SMILES string of the molecule is CC.COCCN1CCC[C@H]1CO. The number of nitrogens with zero attached hydrogens (tertiary/aromatic N) is 1. The first-order valence-electron chi connectivity index (χ1n) is 5.22. The van der Waals surface area contributed by atoms with Gasteiger partial charge in [0.25, 0.3) is 0 Å². The van der Waals surface area contributed by atoms with Gasteiger partial charge in [-0.3, -0.25) is 4.90 Å². The van der Waals surface area contributed by atoms with E-state index >= 15 is 0 Å². The average molecular weight is 189 g/mol. The maximum Gasteiger partial charge on any atom is 0.0589 e. The lowest BCUT2D eigenvalue weighted by Crippen LogP contribution is -2.34. The van der Waals surface area contributed by atoms with Crippen molar-refractivity contribution < 1.29 is 9.84 Å². The van der Waals surface area contributed by atoms with Gasteiger partial charge in [0.05, 0.1) is 13.2 Å². The molecule has 0 aromatic rings. The van der Waals surface area contributed by atoms with Gasteiger partial charge in [0.15, 0.2) is 0 Å². The van der Waals surface area contributed by atoms with Gasteiger partial charge in [-0.05, 0) is 19.4 Å². The summed E-state index contributed by atoms with van der Waals surface area (Å²) >= 11 is 0. The van der Waals surface area contributed by atoms with Gasteiger partial charge in [0.2, 0.25) is 0 Å². The third kappa shape index (κ3) is 4.60. The second-order valence-corrected chi connectivity index (χ2v) is 3.01. The summed E-state index contributed by atoms with van der Waals surface area (Å²) in [5, 5.41) is 8.95. The average Bonchev–Trinajstić information content (AvgIpc) is 2.65. The molecule has 1 rings (SSSR count). The molecule has 0 aromatic carbocycles. The van der Waals surface area contributed by atoms with E-state index < -0.39 is 0 Å². The zero-order valence-electron chi connectivity index (χ0n) is 9.12. The van der Waals surface area contributed by atoms with Gasteiger partial charge in [0, 0.05) is 19.7 Å². The molecule has 0 bridgehead atoms. The van der Waals surface area contributed by atoms with Crippen molar-refractivity contribution in [3.05, 3.63) is 0 Å². The summed E-state index contributed by atoms with van der Waals surface area (Å²) in [5.74, 6) is 0. The van der Waals surface area contributed by atoms with Gasteiger partial charge in [0.1, 0.15) is 0 Å². The van der Waals surface area contributed by atoms with Crippen molar-refractivity contribution in [3.63, 3.8) is 0 Å². The number of rotatable bonds is 4. The van der Waals surface area contributed by atoms with Crippen LogP contribution in [0.5, 0.6) is 0 Å². The fourth-order valence-corrected chi connectivity index (χ4v) is 1.60. The molecule has 1 atom stereocenters. The number of hydrogen-bond acceptors (Lipinski definition) is 3. The van der Waals surface area contributed by atoms with Crippen LogP contribution in [0.15, 0.2) is 0 Å². The Bertz CT molecular complexity index is 109. The minimum Gasteiger partial charge on any atom is -0.395 e. The van der Waals surface area contributed by atoms with E-state index in [1.807, 2.05) is 13.8 Å². The molecule has 0 radical (unpaired) electrons. The quantitative estimate of drug-likeness (QED) is 0.719. The van der Waals surface area contributed by atoms with E-state index in [2.05, 4.69) is 4.90 Å². The normalized spacial score (nSPS) is 22.6. The van der Waals surface area contributed by atoms with Gasteiger partial charge < -0.3 is 9.84 Å². The van der Waals surface area contributed by atoms with Crippen molar-refractivity contribution in [2.75, 3.05) is 33.4 Å². The summed E-state index contributed by atoms with van der Waals surface area (Å²) in [6.07, 6.45) is 2.36. The number of likely N-dealkylation sites (tertiary alicyclic amines) is 1. The van der Waals surface area contributed by atoms with Crippen LogP contribution in [-0.2, 0) is 4.74 Å². The summed E-state index contributed by atoms with van der Waals surface area (Å²) < 4.78 is 4.97. The molecule has 3 nitrogen and oxygen atoms in total. The molecule has 1 N–H and O–H groups in total. The molecule has 1 heterocycles. The number of ether oxygens (including phenoxy) is 1. The lowest BCUT2D eigenvalue weighted by molar-refractivity contribution is 0.113. The second kappa shape index (κ2) is 8.48. The Hall–Kier alpha value is -0.120. The number of aliphatic hydroxyl groups excluding tert-OH is 1. The van der Waals surface area contributed by atoms with Crippen LogP contribution in [-0.4, -0.2) is 49.5 Å². The molecular weight excluding hydrogens is 166 g/mol. The van der Waals surface area contributed by atoms with Crippen LogP contribution in [0.3, 0.4) is 0 Å². The van der Waals surface area contributed by atoms with Crippen LogP contribution in [0.25, 0.3) is 0 Å². The molecular formula is C10H23NO2.